The quantitative estimate of drug-likeness (QED) is 0.725. The first-order valence-electron chi connectivity index (χ1n) is 5.96. The van der Waals surface area contributed by atoms with Gasteiger partial charge in [0.05, 0.1) is 0 Å². The van der Waals surface area contributed by atoms with Crippen molar-refractivity contribution in [2.75, 3.05) is 0 Å². The molecule has 17 heavy (non-hydrogen) atoms. The molecule has 0 unspecified atom stereocenters. The summed E-state index contributed by atoms with van der Waals surface area (Å²) >= 11 is 0. The first-order valence-corrected chi connectivity index (χ1v) is 5.96. The summed E-state index contributed by atoms with van der Waals surface area (Å²) in [4.78, 5) is 0. The molecular formula is C16H16O. The molecule has 0 atom stereocenters. The van der Waals surface area contributed by atoms with Gasteiger partial charge in [-0.3, -0.25) is 0 Å². The molecule has 86 valence electrons. The van der Waals surface area contributed by atoms with E-state index in [1.807, 2.05) is 31.2 Å². The van der Waals surface area contributed by atoms with Crippen molar-refractivity contribution in [3.8, 4) is 11.1 Å². The molecule has 1 nitrogen and oxygen atoms in total. The average Bonchev–Trinajstić information content (AvgIpc) is 2.52. The van der Waals surface area contributed by atoms with E-state index < -0.39 is 5.60 Å². The van der Waals surface area contributed by atoms with Gasteiger partial charge >= 0.3 is 0 Å². The summed E-state index contributed by atoms with van der Waals surface area (Å²) in [6.07, 6.45) is 0. The summed E-state index contributed by atoms with van der Waals surface area (Å²) in [5.41, 5.74) is 6.09. The van der Waals surface area contributed by atoms with Gasteiger partial charge in [0.1, 0.15) is 5.60 Å². The van der Waals surface area contributed by atoms with Gasteiger partial charge in [-0.25, -0.2) is 0 Å². The molecule has 0 spiro atoms. The Balaban J connectivity index is 2.49. The molecule has 3 rings (SSSR count). The fourth-order valence-corrected chi connectivity index (χ4v) is 2.96. The molecule has 2 aromatic rings. The highest BCUT2D eigenvalue weighted by Crippen LogP contribution is 2.49. The SMILES string of the molecule is Cc1cccc2c1-c1c(C)cccc1C2(C)O. The second kappa shape index (κ2) is 3.21. The molecule has 0 heterocycles. The van der Waals surface area contributed by atoms with E-state index in [1.54, 1.807) is 0 Å². The van der Waals surface area contributed by atoms with Crippen LogP contribution in [0.1, 0.15) is 29.2 Å². The molecular weight excluding hydrogens is 208 g/mol. The molecule has 0 aromatic heterocycles. The minimum Gasteiger partial charge on any atom is -0.381 e. The molecule has 0 amide bonds. The second-order valence-electron chi connectivity index (χ2n) is 5.07. The van der Waals surface area contributed by atoms with Crippen LogP contribution in [-0.2, 0) is 5.60 Å². The Morgan fingerprint density at radius 2 is 1.24 bits per heavy atom. The maximum absolute atomic E-state index is 10.7. The number of aliphatic hydroxyl groups is 1. The first kappa shape index (κ1) is 10.5. The summed E-state index contributed by atoms with van der Waals surface area (Å²) in [5, 5.41) is 10.7. The van der Waals surface area contributed by atoms with E-state index in [2.05, 4.69) is 26.0 Å². The third kappa shape index (κ3) is 1.23. The van der Waals surface area contributed by atoms with Crippen LogP contribution < -0.4 is 0 Å². The van der Waals surface area contributed by atoms with Gasteiger partial charge in [0.15, 0.2) is 0 Å². The summed E-state index contributed by atoms with van der Waals surface area (Å²) in [6.45, 7) is 6.10. The lowest BCUT2D eigenvalue weighted by molar-refractivity contribution is 0.107. The Morgan fingerprint density at radius 1 is 0.824 bits per heavy atom. The number of aryl methyl sites for hydroxylation is 2. The standard InChI is InChI=1S/C16H16O/c1-10-6-4-8-12-14(10)15-11(2)7-5-9-13(15)16(12,3)17/h4-9,17H,1-3H3. The lowest BCUT2D eigenvalue weighted by Gasteiger charge is -2.20. The summed E-state index contributed by atoms with van der Waals surface area (Å²) in [7, 11) is 0. The van der Waals surface area contributed by atoms with Crippen molar-refractivity contribution >= 4 is 0 Å². The van der Waals surface area contributed by atoms with E-state index in [4.69, 9.17) is 0 Å². The highest BCUT2D eigenvalue weighted by atomic mass is 16.3. The van der Waals surface area contributed by atoms with Crippen molar-refractivity contribution in [2.45, 2.75) is 26.4 Å². The third-order valence-electron chi connectivity index (χ3n) is 3.84. The largest absolute Gasteiger partial charge is 0.381 e. The predicted molar refractivity (Wildman–Crippen MR) is 70.0 cm³/mol. The van der Waals surface area contributed by atoms with Crippen LogP contribution in [0.4, 0.5) is 0 Å². The lowest BCUT2D eigenvalue weighted by Crippen LogP contribution is -2.19. The van der Waals surface area contributed by atoms with Crippen LogP contribution in [0.3, 0.4) is 0 Å². The summed E-state index contributed by atoms with van der Waals surface area (Å²) in [6, 6.07) is 12.3. The second-order valence-corrected chi connectivity index (χ2v) is 5.07. The molecule has 1 aliphatic carbocycles. The Morgan fingerprint density at radius 3 is 1.65 bits per heavy atom. The number of fused-ring (bicyclic) bond motifs is 3. The zero-order chi connectivity index (χ0) is 12.2. The van der Waals surface area contributed by atoms with Gasteiger partial charge in [0, 0.05) is 0 Å². The molecule has 1 N–H and O–H groups in total. The van der Waals surface area contributed by atoms with Crippen molar-refractivity contribution in [3.05, 3.63) is 58.7 Å². The fraction of sp³-hybridized carbons (Fsp3) is 0.250. The van der Waals surface area contributed by atoms with Gasteiger partial charge in [-0.05, 0) is 54.2 Å². The Labute approximate surface area is 102 Å². The van der Waals surface area contributed by atoms with Gasteiger partial charge in [-0.1, -0.05) is 36.4 Å². The van der Waals surface area contributed by atoms with Crippen LogP contribution in [0.5, 0.6) is 0 Å². The van der Waals surface area contributed by atoms with E-state index >= 15 is 0 Å². The highest BCUT2D eigenvalue weighted by Gasteiger charge is 2.38. The van der Waals surface area contributed by atoms with Gasteiger partial charge in [0.25, 0.3) is 0 Å². The molecule has 0 saturated heterocycles. The lowest BCUT2D eigenvalue weighted by atomic mass is 9.93. The Hall–Kier alpha value is -1.60. The normalized spacial score (nSPS) is 15.5. The van der Waals surface area contributed by atoms with Crippen LogP contribution in [0.2, 0.25) is 0 Å². The Bertz CT molecular complexity index is 555. The van der Waals surface area contributed by atoms with E-state index in [0.29, 0.717) is 0 Å². The van der Waals surface area contributed by atoms with Crippen LogP contribution >= 0.6 is 0 Å². The smallest absolute Gasteiger partial charge is 0.113 e. The predicted octanol–water partition coefficient (Wildman–Crippen LogP) is 3.54. The number of hydrogen-bond acceptors (Lipinski definition) is 1. The summed E-state index contributed by atoms with van der Waals surface area (Å²) in [5.74, 6) is 0. The fourth-order valence-electron chi connectivity index (χ4n) is 2.96. The molecule has 2 aromatic carbocycles. The zero-order valence-corrected chi connectivity index (χ0v) is 10.4. The van der Waals surface area contributed by atoms with Crippen molar-refractivity contribution < 1.29 is 5.11 Å². The van der Waals surface area contributed by atoms with E-state index in [1.165, 1.54) is 22.3 Å². The first-order chi connectivity index (χ1) is 8.03. The number of benzene rings is 2. The third-order valence-corrected chi connectivity index (χ3v) is 3.84. The van der Waals surface area contributed by atoms with Crippen molar-refractivity contribution in [3.63, 3.8) is 0 Å². The van der Waals surface area contributed by atoms with Crippen molar-refractivity contribution in [2.24, 2.45) is 0 Å². The number of rotatable bonds is 0. The van der Waals surface area contributed by atoms with Crippen LogP contribution in [0.25, 0.3) is 11.1 Å². The molecule has 0 bridgehead atoms. The van der Waals surface area contributed by atoms with E-state index in [0.717, 1.165) is 11.1 Å². The Kier molecular flexibility index (Phi) is 1.99. The van der Waals surface area contributed by atoms with Gasteiger partial charge in [0.2, 0.25) is 0 Å². The van der Waals surface area contributed by atoms with Crippen LogP contribution in [0, 0.1) is 13.8 Å². The molecule has 0 aliphatic heterocycles. The highest BCUT2D eigenvalue weighted by molar-refractivity contribution is 5.84. The molecule has 1 heteroatoms. The number of hydrogen-bond donors (Lipinski definition) is 1. The van der Waals surface area contributed by atoms with Crippen LogP contribution in [-0.4, -0.2) is 5.11 Å². The topological polar surface area (TPSA) is 20.2 Å². The van der Waals surface area contributed by atoms with Gasteiger partial charge in [-0.2, -0.15) is 0 Å². The minimum atomic E-state index is -0.858. The maximum Gasteiger partial charge on any atom is 0.113 e. The molecule has 0 saturated carbocycles. The maximum atomic E-state index is 10.7. The van der Waals surface area contributed by atoms with Crippen molar-refractivity contribution in [1.29, 1.82) is 0 Å². The van der Waals surface area contributed by atoms with Crippen LogP contribution in [0.15, 0.2) is 36.4 Å². The summed E-state index contributed by atoms with van der Waals surface area (Å²) < 4.78 is 0. The molecule has 1 aliphatic rings. The monoisotopic (exact) mass is 224 g/mol. The average molecular weight is 224 g/mol. The molecule has 0 radical (unpaired) electrons. The minimum absolute atomic E-state index is 0.858. The van der Waals surface area contributed by atoms with Gasteiger partial charge in [-0.15, -0.1) is 0 Å². The van der Waals surface area contributed by atoms with E-state index in [9.17, 15) is 5.11 Å². The molecule has 0 fully saturated rings. The van der Waals surface area contributed by atoms with Gasteiger partial charge < -0.3 is 5.11 Å². The zero-order valence-electron chi connectivity index (χ0n) is 10.4. The van der Waals surface area contributed by atoms with E-state index in [-0.39, 0.29) is 0 Å². The van der Waals surface area contributed by atoms with Crippen molar-refractivity contribution in [1.82, 2.24) is 0 Å².